The van der Waals surface area contributed by atoms with E-state index in [1.165, 1.54) is 45.3 Å². The maximum absolute atomic E-state index is 12.4. The lowest BCUT2D eigenvalue weighted by molar-refractivity contribution is -0.137. The summed E-state index contributed by atoms with van der Waals surface area (Å²) in [6, 6.07) is 7.02. The molecule has 0 aliphatic heterocycles. The third-order valence-electron chi connectivity index (χ3n) is 4.25. The number of methoxy groups -OCH3 is 2. The van der Waals surface area contributed by atoms with E-state index in [1.54, 1.807) is 31.4 Å². The molecule has 0 radical (unpaired) electrons. The van der Waals surface area contributed by atoms with E-state index in [0.717, 1.165) is 12.8 Å². The van der Waals surface area contributed by atoms with Crippen molar-refractivity contribution in [1.29, 1.82) is 0 Å². The van der Waals surface area contributed by atoms with Gasteiger partial charge in [-0.15, -0.1) is 0 Å². The van der Waals surface area contributed by atoms with Gasteiger partial charge in [0, 0.05) is 13.7 Å². The summed E-state index contributed by atoms with van der Waals surface area (Å²) in [4.78, 5) is 24.4. The molecule has 0 unspecified atom stereocenters. The summed E-state index contributed by atoms with van der Waals surface area (Å²) < 4.78 is 14.9. The monoisotopic (exact) mass is 391 g/mol. The van der Waals surface area contributed by atoms with Crippen molar-refractivity contribution >= 4 is 18.0 Å². The second-order valence-electron chi connectivity index (χ2n) is 6.55. The van der Waals surface area contributed by atoms with Gasteiger partial charge in [-0.05, 0) is 30.2 Å². The van der Waals surface area contributed by atoms with Gasteiger partial charge in [-0.1, -0.05) is 57.6 Å². The zero-order valence-corrected chi connectivity index (χ0v) is 17.3. The number of unbranched alkanes of at least 4 members (excludes halogenated alkanes) is 6. The molecule has 0 fully saturated rings. The maximum Gasteiger partial charge on any atom is 0.343 e. The van der Waals surface area contributed by atoms with Crippen LogP contribution in [0.2, 0.25) is 0 Å². The van der Waals surface area contributed by atoms with E-state index in [-0.39, 0.29) is 12.4 Å². The van der Waals surface area contributed by atoms with Crippen molar-refractivity contribution in [3.05, 3.63) is 35.4 Å². The van der Waals surface area contributed by atoms with Crippen LogP contribution in [0.3, 0.4) is 0 Å². The molecule has 0 aliphatic carbocycles. The van der Waals surface area contributed by atoms with Crippen LogP contribution >= 0.6 is 0 Å². The van der Waals surface area contributed by atoms with Crippen molar-refractivity contribution in [2.75, 3.05) is 27.6 Å². The lowest BCUT2D eigenvalue weighted by atomic mass is 10.1. The van der Waals surface area contributed by atoms with E-state index in [4.69, 9.17) is 14.2 Å². The van der Waals surface area contributed by atoms with Crippen LogP contribution in [-0.4, -0.2) is 39.4 Å². The predicted molar refractivity (Wildman–Crippen MR) is 110 cm³/mol. The van der Waals surface area contributed by atoms with Crippen LogP contribution in [0.25, 0.3) is 6.08 Å². The quantitative estimate of drug-likeness (QED) is 0.129. The van der Waals surface area contributed by atoms with E-state index in [0.29, 0.717) is 17.9 Å². The number of benzene rings is 1. The first kappa shape index (κ1) is 23.7. The van der Waals surface area contributed by atoms with Gasteiger partial charge in [0.1, 0.15) is 11.3 Å². The van der Waals surface area contributed by atoms with E-state index >= 15 is 0 Å². The number of carbonyl (C=O) groups is 2. The van der Waals surface area contributed by atoms with Crippen LogP contribution in [-0.2, 0) is 19.1 Å². The van der Waals surface area contributed by atoms with Gasteiger partial charge in [-0.2, -0.15) is 0 Å². The van der Waals surface area contributed by atoms with Crippen LogP contribution in [0.5, 0.6) is 5.75 Å². The number of rotatable bonds is 14. The summed E-state index contributed by atoms with van der Waals surface area (Å²) in [5.74, 6) is -0.434. The third kappa shape index (κ3) is 9.55. The molecule has 0 bridgehead atoms. The normalized spacial score (nSPS) is 11.2. The van der Waals surface area contributed by atoms with Crippen molar-refractivity contribution in [1.82, 2.24) is 5.32 Å². The molecule has 0 atom stereocenters. The number of hydrogen-bond donors (Lipinski definition) is 1. The molecule has 1 rings (SSSR count). The molecule has 0 aromatic heterocycles. The molecule has 0 heterocycles. The number of nitrogens with one attached hydrogen (secondary N) is 1. The second-order valence-corrected chi connectivity index (χ2v) is 6.55. The first-order valence-electron chi connectivity index (χ1n) is 9.92. The summed E-state index contributed by atoms with van der Waals surface area (Å²) >= 11 is 0. The minimum absolute atomic E-state index is 0.0176. The molecular formula is C22H33NO5. The topological polar surface area (TPSA) is 73.9 Å². The maximum atomic E-state index is 12.4. The first-order valence-corrected chi connectivity index (χ1v) is 9.92. The van der Waals surface area contributed by atoms with Crippen molar-refractivity contribution in [2.45, 2.75) is 51.9 Å². The Morgan fingerprint density at radius 2 is 1.61 bits per heavy atom. The van der Waals surface area contributed by atoms with Gasteiger partial charge >= 0.3 is 5.97 Å². The Bertz CT molecular complexity index is 610. The lowest BCUT2D eigenvalue weighted by Crippen LogP contribution is -2.29. The molecule has 0 saturated heterocycles. The fraction of sp³-hybridized carbons (Fsp3) is 0.545. The standard InChI is InChI=1S/C22H33NO5/c1-4-5-6-7-8-9-10-15-23-21(24)20(22(25)27-3)16-18-11-13-19(14-12-18)28-17-26-2/h11-14,16H,4-10,15,17H2,1-3H3,(H,23,24)/b20-16+. The number of carbonyl (C=O) groups excluding carboxylic acids is 2. The Labute approximate surface area is 168 Å². The number of esters is 1. The van der Waals surface area contributed by atoms with Gasteiger partial charge < -0.3 is 19.5 Å². The van der Waals surface area contributed by atoms with Crippen molar-refractivity contribution in [3.8, 4) is 5.75 Å². The van der Waals surface area contributed by atoms with E-state index in [1.807, 2.05) is 0 Å². The highest BCUT2D eigenvalue weighted by Crippen LogP contribution is 2.15. The number of ether oxygens (including phenoxy) is 3. The van der Waals surface area contributed by atoms with Gasteiger partial charge in [0.15, 0.2) is 6.79 Å². The van der Waals surface area contributed by atoms with Gasteiger partial charge in [0.25, 0.3) is 5.91 Å². The van der Waals surface area contributed by atoms with Gasteiger partial charge in [-0.25, -0.2) is 4.79 Å². The van der Waals surface area contributed by atoms with Crippen molar-refractivity contribution in [2.24, 2.45) is 0 Å². The zero-order valence-electron chi connectivity index (χ0n) is 17.3. The van der Waals surface area contributed by atoms with Crippen LogP contribution in [0.15, 0.2) is 29.8 Å². The molecule has 1 N–H and O–H groups in total. The zero-order chi connectivity index (χ0) is 20.6. The highest BCUT2D eigenvalue weighted by Gasteiger charge is 2.18. The summed E-state index contributed by atoms with van der Waals surface area (Å²) in [6.07, 6.45) is 9.69. The minimum atomic E-state index is -0.656. The van der Waals surface area contributed by atoms with Crippen LogP contribution < -0.4 is 10.1 Å². The molecule has 28 heavy (non-hydrogen) atoms. The SMILES string of the molecule is CCCCCCCCCNC(=O)/C(=C\c1ccc(OCOC)cc1)C(=O)OC. The number of hydrogen-bond acceptors (Lipinski definition) is 5. The molecule has 1 aromatic carbocycles. The number of amides is 1. The van der Waals surface area contributed by atoms with Crippen LogP contribution in [0.1, 0.15) is 57.4 Å². The van der Waals surface area contributed by atoms with E-state index in [9.17, 15) is 9.59 Å². The fourth-order valence-electron chi connectivity index (χ4n) is 2.66. The molecule has 1 amide bonds. The molecule has 0 spiro atoms. The minimum Gasteiger partial charge on any atom is -0.468 e. The fourth-order valence-corrected chi connectivity index (χ4v) is 2.66. The highest BCUT2D eigenvalue weighted by atomic mass is 16.7. The molecule has 6 heteroatoms. The molecule has 6 nitrogen and oxygen atoms in total. The lowest BCUT2D eigenvalue weighted by Gasteiger charge is -2.08. The average molecular weight is 392 g/mol. The Balaban J connectivity index is 2.55. The van der Waals surface area contributed by atoms with Crippen molar-refractivity contribution < 1.29 is 23.8 Å². The van der Waals surface area contributed by atoms with Gasteiger partial charge in [-0.3, -0.25) is 4.79 Å². The summed E-state index contributed by atoms with van der Waals surface area (Å²) in [5.41, 5.74) is 0.687. The Hall–Kier alpha value is -2.34. The molecular weight excluding hydrogens is 358 g/mol. The predicted octanol–water partition coefficient (Wildman–Crippen LogP) is 4.09. The van der Waals surface area contributed by atoms with Gasteiger partial charge in [0.05, 0.1) is 7.11 Å². The average Bonchev–Trinajstić information content (AvgIpc) is 2.72. The van der Waals surface area contributed by atoms with E-state index < -0.39 is 11.9 Å². The second kappa shape index (κ2) is 14.7. The molecule has 0 aliphatic rings. The molecule has 0 saturated carbocycles. The molecule has 1 aromatic rings. The first-order chi connectivity index (χ1) is 13.6. The summed E-state index contributed by atoms with van der Waals surface area (Å²) in [7, 11) is 2.81. The largest absolute Gasteiger partial charge is 0.468 e. The Morgan fingerprint density at radius 3 is 2.21 bits per heavy atom. The molecule has 156 valence electrons. The van der Waals surface area contributed by atoms with Crippen LogP contribution in [0, 0.1) is 0 Å². The Kier molecular flexibility index (Phi) is 12.4. The van der Waals surface area contributed by atoms with Gasteiger partial charge in [0.2, 0.25) is 0 Å². The summed E-state index contributed by atoms with van der Waals surface area (Å²) in [5, 5.41) is 2.81. The Morgan fingerprint density at radius 1 is 0.964 bits per heavy atom. The smallest absolute Gasteiger partial charge is 0.343 e. The summed E-state index contributed by atoms with van der Waals surface area (Å²) in [6.45, 7) is 2.90. The third-order valence-corrected chi connectivity index (χ3v) is 4.25. The van der Waals surface area contributed by atoms with E-state index in [2.05, 4.69) is 12.2 Å². The van der Waals surface area contributed by atoms with Crippen LogP contribution in [0.4, 0.5) is 0 Å². The van der Waals surface area contributed by atoms with Crippen molar-refractivity contribution in [3.63, 3.8) is 0 Å². The highest BCUT2D eigenvalue weighted by molar-refractivity contribution is 6.19.